The first-order chi connectivity index (χ1) is 6.58. The van der Waals surface area contributed by atoms with Crippen molar-refractivity contribution in [2.75, 3.05) is 32.8 Å². The molecule has 2 N–H and O–H groups in total. The average Bonchev–Trinajstić information content (AvgIpc) is 2.13. The van der Waals surface area contributed by atoms with Gasteiger partial charge in [-0.1, -0.05) is 0 Å². The summed E-state index contributed by atoms with van der Waals surface area (Å²) in [5.74, 6) is 0. The van der Waals surface area contributed by atoms with Crippen LogP contribution in [0.4, 0.5) is 13.2 Å². The van der Waals surface area contributed by atoms with Crippen molar-refractivity contribution < 1.29 is 17.9 Å². The maximum Gasteiger partial charge on any atom is 0.401 e. The van der Waals surface area contributed by atoms with E-state index in [9.17, 15) is 13.2 Å². The molecule has 6 heteroatoms. The summed E-state index contributed by atoms with van der Waals surface area (Å²) in [6.45, 7) is 1.51. The zero-order valence-corrected chi connectivity index (χ0v) is 7.86. The van der Waals surface area contributed by atoms with E-state index >= 15 is 0 Å². The number of rotatable bonds is 4. The van der Waals surface area contributed by atoms with Crippen molar-refractivity contribution in [2.24, 2.45) is 0 Å². The fourth-order valence-electron chi connectivity index (χ4n) is 1.31. The van der Waals surface area contributed by atoms with Crippen molar-refractivity contribution in [3.05, 3.63) is 0 Å². The van der Waals surface area contributed by atoms with Gasteiger partial charge in [-0.15, -0.1) is 0 Å². The topological polar surface area (TPSA) is 33.3 Å². The molecule has 84 valence electrons. The zero-order chi connectivity index (χ0) is 10.4. The third-order valence-electron chi connectivity index (χ3n) is 1.99. The second kappa shape index (κ2) is 5.53. The van der Waals surface area contributed by atoms with E-state index in [0.717, 1.165) is 6.54 Å². The minimum Gasteiger partial charge on any atom is -0.379 e. The zero-order valence-electron chi connectivity index (χ0n) is 7.86. The maximum absolute atomic E-state index is 11.7. The minimum atomic E-state index is -4.11. The number of alkyl halides is 3. The Labute approximate surface area is 81.0 Å². The summed E-state index contributed by atoms with van der Waals surface area (Å²) in [6, 6.07) is 0.185. The molecule has 0 aliphatic carbocycles. The van der Waals surface area contributed by atoms with Gasteiger partial charge in [0.1, 0.15) is 0 Å². The molecule has 0 bridgehead atoms. The molecule has 1 saturated heterocycles. The van der Waals surface area contributed by atoms with Gasteiger partial charge in [0.05, 0.1) is 19.8 Å². The Morgan fingerprint density at radius 3 is 2.79 bits per heavy atom. The quantitative estimate of drug-likeness (QED) is 0.666. The lowest BCUT2D eigenvalue weighted by Crippen LogP contribution is -2.43. The Kier molecular flexibility index (Phi) is 4.64. The molecule has 0 saturated carbocycles. The summed E-state index contributed by atoms with van der Waals surface area (Å²) < 4.78 is 40.3. The molecule has 1 fully saturated rings. The first-order valence-electron chi connectivity index (χ1n) is 4.66. The number of morpholine rings is 1. The summed E-state index contributed by atoms with van der Waals surface area (Å²) in [5, 5.41) is 5.52. The molecule has 0 amide bonds. The van der Waals surface area contributed by atoms with Gasteiger partial charge in [0.15, 0.2) is 0 Å². The monoisotopic (exact) mass is 212 g/mol. The summed E-state index contributed by atoms with van der Waals surface area (Å²) in [7, 11) is 0. The van der Waals surface area contributed by atoms with E-state index in [1.54, 1.807) is 0 Å². The van der Waals surface area contributed by atoms with Crippen LogP contribution in [0.1, 0.15) is 6.42 Å². The molecule has 0 spiro atoms. The van der Waals surface area contributed by atoms with Crippen LogP contribution in [0.2, 0.25) is 0 Å². The van der Waals surface area contributed by atoms with Crippen LogP contribution in [-0.4, -0.2) is 45.1 Å². The lowest BCUT2D eigenvalue weighted by Gasteiger charge is -2.23. The standard InChI is InChI=1S/C8H15F3N2O/c9-8(10,11)6-12-2-1-7-5-14-4-3-13-7/h7,12-13H,1-6H2. The molecule has 0 aromatic heterocycles. The van der Waals surface area contributed by atoms with Crippen LogP contribution < -0.4 is 10.6 Å². The van der Waals surface area contributed by atoms with Crippen molar-refractivity contribution >= 4 is 0 Å². The van der Waals surface area contributed by atoms with Crippen LogP contribution in [0.25, 0.3) is 0 Å². The molecule has 1 unspecified atom stereocenters. The molecular weight excluding hydrogens is 197 g/mol. The van der Waals surface area contributed by atoms with Crippen LogP contribution >= 0.6 is 0 Å². The highest BCUT2D eigenvalue weighted by molar-refractivity contribution is 4.71. The van der Waals surface area contributed by atoms with Crippen molar-refractivity contribution in [1.29, 1.82) is 0 Å². The van der Waals surface area contributed by atoms with Crippen LogP contribution in [0.3, 0.4) is 0 Å². The van der Waals surface area contributed by atoms with Gasteiger partial charge in [0, 0.05) is 12.6 Å². The first kappa shape index (κ1) is 11.7. The SMILES string of the molecule is FC(F)(F)CNCCC1COCCN1. The smallest absolute Gasteiger partial charge is 0.379 e. The molecule has 0 aromatic carbocycles. The molecule has 1 heterocycles. The van der Waals surface area contributed by atoms with E-state index in [2.05, 4.69) is 10.6 Å². The minimum absolute atomic E-state index is 0.185. The van der Waals surface area contributed by atoms with Gasteiger partial charge < -0.3 is 15.4 Å². The van der Waals surface area contributed by atoms with Crippen molar-refractivity contribution in [1.82, 2.24) is 10.6 Å². The van der Waals surface area contributed by atoms with E-state index in [-0.39, 0.29) is 6.04 Å². The highest BCUT2D eigenvalue weighted by Gasteiger charge is 2.26. The summed E-state index contributed by atoms with van der Waals surface area (Å²) >= 11 is 0. The van der Waals surface area contributed by atoms with Crippen molar-refractivity contribution in [2.45, 2.75) is 18.6 Å². The molecular formula is C8H15F3N2O. The van der Waals surface area contributed by atoms with Gasteiger partial charge in [-0.25, -0.2) is 0 Å². The van der Waals surface area contributed by atoms with Gasteiger partial charge in [0.25, 0.3) is 0 Å². The van der Waals surface area contributed by atoms with E-state index in [1.165, 1.54) is 0 Å². The average molecular weight is 212 g/mol. The highest BCUT2D eigenvalue weighted by atomic mass is 19.4. The molecule has 1 rings (SSSR count). The lowest BCUT2D eigenvalue weighted by molar-refractivity contribution is -0.124. The Balaban J connectivity index is 1.97. The third kappa shape index (κ3) is 5.41. The molecule has 1 atom stereocenters. The fraction of sp³-hybridized carbons (Fsp3) is 1.00. The molecule has 1 aliphatic rings. The van der Waals surface area contributed by atoms with Crippen LogP contribution in [0.5, 0.6) is 0 Å². The molecule has 0 aromatic rings. The Morgan fingerprint density at radius 1 is 1.43 bits per heavy atom. The molecule has 14 heavy (non-hydrogen) atoms. The Hall–Kier alpha value is -0.330. The second-order valence-corrected chi connectivity index (χ2v) is 3.31. The van der Waals surface area contributed by atoms with E-state index in [0.29, 0.717) is 26.2 Å². The van der Waals surface area contributed by atoms with Crippen LogP contribution in [-0.2, 0) is 4.74 Å². The van der Waals surface area contributed by atoms with E-state index in [1.807, 2.05) is 0 Å². The third-order valence-corrected chi connectivity index (χ3v) is 1.99. The van der Waals surface area contributed by atoms with E-state index in [4.69, 9.17) is 4.74 Å². The second-order valence-electron chi connectivity index (χ2n) is 3.31. The summed E-state index contributed by atoms with van der Waals surface area (Å²) in [4.78, 5) is 0. The predicted molar refractivity (Wildman–Crippen MR) is 46.2 cm³/mol. The number of ether oxygens (including phenoxy) is 1. The van der Waals surface area contributed by atoms with Gasteiger partial charge in [-0.3, -0.25) is 0 Å². The number of halogens is 3. The van der Waals surface area contributed by atoms with Gasteiger partial charge in [-0.05, 0) is 13.0 Å². The van der Waals surface area contributed by atoms with Crippen molar-refractivity contribution in [3.8, 4) is 0 Å². The highest BCUT2D eigenvalue weighted by Crippen LogP contribution is 2.12. The summed E-state index contributed by atoms with van der Waals surface area (Å²) in [6.07, 6.45) is -3.45. The Morgan fingerprint density at radius 2 is 2.21 bits per heavy atom. The normalized spacial score (nSPS) is 23.8. The van der Waals surface area contributed by atoms with Gasteiger partial charge in [-0.2, -0.15) is 13.2 Å². The molecule has 3 nitrogen and oxygen atoms in total. The Bertz CT molecular complexity index is 157. The molecule has 1 aliphatic heterocycles. The fourth-order valence-corrected chi connectivity index (χ4v) is 1.31. The summed E-state index contributed by atoms with van der Waals surface area (Å²) in [5.41, 5.74) is 0. The van der Waals surface area contributed by atoms with Crippen LogP contribution in [0.15, 0.2) is 0 Å². The first-order valence-corrected chi connectivity index (χ1v) is 4.66. The van der Waals surface area contributed by atoms with Gasteiger partial charge >= 0.3 is 6.18 Å². The van der Waals surface area contributed by atoms with Gasteiger partial charge in [0.2, 0.25) is 0 Å². The van der Waals surface area contributed by atoms with Crippen LogP contribution in [0, 0.1) is 0 Å². The largest absolute Gasteiger partial charge is 0.401 e. The number of hydrogen-bond donors (Lipinski definition) is 2. The predicted octanol–water partition coefficient (Wildman–Crippen LogP) is 0.517. The lowest BCUT2D eigenvalue weighted by atomic mass is 10.2. The molecule has 0 radical (unpaired) electrons. The van der Waals surface area contributed by atoms with Crippen molar-refractivity contribution in [3.63, 3.8) is 0 Å². The van der Waals surface area contributed by atoms with E-state index < -0.39 is 12.7 Å². The number of nitrogens with one attached hydrogen (secondary N) is 2. The number of hydrogen-bond acceptors (Lipinski definition) is 3. The maximum atomic E-state index is 11.7.